The normalized spacial score (nSPS) is 17.9. The number of aliphatic hydroxyl groups excluding tert-OH is 1. The average Bonchev–Trinajstić information content (AvgIpc) is 3.11. The van der Waals surface area contributed by atoms with Crippen molar-refractivity contribution in [1.29, 1.82) is 0 Å². The van der Waals surface area contributed by atoms with Gasteiger partial charge in [-0.05, 0) is 43.5 Å². The van der Waals surface area contributed by atoms with Crippen molar-refractivity contribution in [3.05, 3.63) is 54.4 Å². The maximum atomic E-state index is 10.2. The number of likely N-dealkylation sites (tertiary alicyclic amines) is 1. The number of aliphatic hydroxyl groups is 1. The molecule has 0 saturated carbocycles. The first kappa shape index (κ1) is 17.1. The zero-order chi connectivity index (χ0) is 16.6. The van der Waals surface area contributed by atoms with E-state index in [-0.39, 0.29) is 0 Å². The van der Waals surface area contributed by atoms with Crippen LogP contribution < -0.4 is 0 Å². The summed E-state index contributed by atoms with van der Waals surface area (Å²) in [6.07, 6.45) is 5.77. The van der Waals surface area contributed by atoms with Gasteiger partial charge < -0.3 is 14.7 Å². The molecule has 1 atom stereocenters. The van der Waals surface area contributed by atoms with Crippen LogP contribution in [-0.2, 0) is 17.9 Å². The van der Waals surface area contributed by atoms with Crippen LogP contribution in [0.15, 0.2) is 48.8 Å². The molecule has 0 radical (unpaired) electrons. The van der Waals surface area contributed by atoms with Gasteiger partial charge in [-0.25, -0.2) is 0 Å². The van der Waals surface area contributed by atoms with Gasteiger partial charge >= 0.3 is 0 Å². The van der Waals surface area contributed by atoms with Gasteiger partial charge in [0.2, 0.25) is 0 Å². The molecule has 0 spiro atoms. The fraction of sp³-hybridized carbons (Fsp3) is 0.526. The third kappa shape index (κ3) is 5.44. The minimum atomic E-state index is -0.420. The summed E-state index contributed by atoms with van der Waals surface area (Å²) in [5, 5.41) is 14.5. The number of rotatable bonds is 8. The number of aromatic nitrogens is 2. The van der Waals surface area contributed by atoms with Gasteiger partial charge in [-0.1, -0.05) is 30.3 Å². The van der Waals surface area contributed by atoms with Crippen LogP contribution in [0, 0.1) is 5.92 Å². The molecule has 1 aromatic heterocycles. The van der Waals surface area contributed by atoms with E-state index in [4.69, 9.17) is 4.74 Å². The lowest BCUT2D eigenvalue weighted by Crippen LogP contribution is -2.41. The molecule has 5 heteroatoms. The number of hydrogen-bond acceptors (Lipinski definition) is 4. The van der Waals surface area contributed by atoms with Crippen molar-refractivity contribution >= 4 is 0 Å². The number of piperidine rings is 1. The number of benzene rings is 1. The first-order chi connectivity index (χ1) is 11.8. The largest absolute Gasteiger partial charge is 0.389 e. The van der Waals surface area contributed by atoms with Crippen molar-refractivity contribution < 1.29 is 9.84 Å². The topological polar surface area (TPSA) is 50.5 Å². The zero-order valence-electron chi connectivity index (χ0n) is 14.1. The van der Waals surface area contributed by atoms with Crippen molar-refractivity contribution in [2.45, 2.75) is 32.1 Å². The molecule has 0 bridgehead atoms. The lowest BCUT2D eigenvalue weighted by Gasteiger charge is -2.33. The van der Waals surface area contributed by atoms with E-state index in [1.807, 2.05) is 53.5 Å². The van der Waals surface area contributed by atoms with E-state index in [0.29, 0.717) is 25.7 Å². The molecule has 1 aliphatic heterocycles. The van der Waals surface area contributed by atoms with E-state index in [9.17, 15) is 5.11 Å². The van der Waals surface area contributed by atoms with Gasteiger partial charge in [0.25, 0.3) is 0 Å². The van der Waals surface area contributed by atoms with Crippen molar-refractivity contribution in [1.82, 2.24) is 14.7 Å². The predicted octanol–water partition coefficient (Wildman–Crippen LogP) is 2.17. The Labute approximate surface area is 143 Å². The molecular formula is C19H27N3O2. The minimum Gasteiger partial charge on any atom is -0.389 e. The highest BCUT2D eigenvalue weighted by molar-refractivity contribution is 5.13. The van der Waals surface area contributed by atoms with Crippen LogP contribution in [0.5, 0.6) is 0 Å². The summed E-state index contributed by atoms with van der Waals surface area (Å²) in [7, 11) is 0. The fourth-order valence-electron chi connectivity index (χ4n) is 3.26. The van der Waals surface area contributed by atoms with Crippen LogP contribution in [-0.4, -0.2) is 52.1 Å². The molecule has 0 amide bonds. The molecule has 5 nitrogen and oxygen atoms in total. The third-order valence-electron chi connectivity index (χ3n) is 4.60. The Morgan fingerprint density at radius 3 is 2.67 bits per heavy atom. The summed E-state index contributed by atoms with van der Waals surface area (Å²) in [6.45, 7) is 4.74. The van der Waals surface area contributed by atoms with Crippen molar-refractivity contribution in [2.75, 3.05) is 26.2 Å². The summed E-state index contributed by atoms with van der Waals surface area (Å²) in [6, 6.07) is 12.0. The average molecular weight is 329 g/mol. The number of ether oxygens (including phenoxy) is 1. The second-order valence-corrected chi connectivity index (χ2v) is 6.63. The maximum Gasteiger partial charge on any atom is 0.0900 e. The van der Waals surface area contributed by atoms with Gasteiger partial charge in [0.15, 0.2) is 0 Å². The molecule has 24 heavy (non-hydrogen) atoms. The van der Waals surface area contributed by atoms with E-state index >= 15 is 0 Å². The Morgan fingerprint density at radius 2 is 1.96 bits per heavy atom. The Hall–Kier alpha value is -1.69. The number of β-amino-alcohol motifs (C(OH)–C–C–N with tert-alkyl or cyclic N) is 1. The van der Waals surface area contributed by atoms with E-state index in [0.717, 1.165) is 38.0 Å². The summed E-state index contributed by atoms with van der Waals surface area (Å²) in [5.74, 6) is 0.688. The van der Waals surface area contributed by atoms with Gasteiger partial charge in [-0.15, -0.1) is 0 Å². The third-order valence-corrected chi connectivity index (χ3v) is 4.60. The molecule has 2 heterocycles. The zero-order valence-corrected chi connectivity index (χ0v) is 14.1. The van der Waals surface area contributed by atoms with E-state index < -0.39 is 6.10 Å². The molecule has 0 unspecified atom stereocenters. The van der Waals surface area contributed by atoms with Gasteiger partial charge in [0, 0.05) is 25.5 Å². The van der Waals surface area contributed by atoms with Gasteiger partial charge in [0.05, 0.1) is 19.3 Å². The maximum absolute atomic E-state index is 10.2. The van der Waals surface area contributed by atoms with E-state index in [1.54, 1.807) is 0 Å². The molecule has 3 rings (SSSR count). The van der Waals surface area contributed by atoms with Crippen LogP contribution in [0.4, 0.5) is 0 Å². The van der Waals surface area contributed by atoms with Crippen molar-refractivity contribution in [3.8, 4) is 0 Å². The van der Waals surface area contributed by atoms with E-state index in [2.05, 4.69) is 10.00 Å². The highest BCUT2D eigenvalue weighted by Gasteiger charge is 2.21. The molecule has 1 N–H and O–H groups in total. The quantitative estimate of drug-likeness (QED) is 0.806. The monoisotopic (exact) mass is 329 g/mol. The van der Waals surface area contributed by atoms with Gasteiger partial charge in [-0.3, -0.25) is 4.68 Å². The Balaban J connectivity index is 1.30. The SMILES string of the molecule is O[C@H](COCc1ccccc1)CN1CCC(Cn2cccn2)CC1. The molecule has 1 aromatic carbocycles. The first-order valence-corrected chi connectivity index (χ1v) is 8.79. The summed E-state index contributed by atoms with van der Waals surface area (Å²) in [4.78, 5) is 2.34. The molecule has 1 saturated heterocycles. The van der Waals surface area contributed by atoms with Crippen LogP contribution in [0.25, 0.3) is 0 Å². The highest BCUT2D eigenvalue weighted by Crippen LogP contribution is 2.19. The Kier molecular flexibility index (Phi) is 6.41. The number of nitrogens with zero attached hydrogens (tertiary/aromatic N) is 3. The fourth-order valence-corrected chi connectivity index (χ4v) is 3.26. The molecule has 1 fully saturated rings. The van der Waals surface area contributed by atoms with Crippen LogP contribution in [0.3, 0.4) is 0 Å². The lowest BCUT2D eigenvalue weighted by molar-refractivity contribution is 0.00393. The second-order valence-electron chi connectivity index (χ2n) is 6.63. The molecule has 0 aliphatic carbocycles. The molecule has 2 aromatic rings. The second kappa shape index (κ2) is 8.97. The summed E-state index contributed by atoms with van der Waals surface area (Å²) >= 11 is 0. The van der Waals surface area contributed by atoms with Crippen molar-refractivity contribution in [3.63, 3.8) is 0 Å². The Morgan fingerprint density at radius 1 is 1.17 bits per heavy atom. The lowest BCUT2D eigenvalue weighted by atomic mass is 9.96. The van der Waals surface area contributed by atoms with Crippen LogP contribution >= 0.6 is 0 Å². The molecule has 130 valence electrons. The summed E-state index contributed by atoms with van der Waals surface area (Å²) < 4.78 is 7.65. The van der Waals surface area contributed by atoms with Crippen LogP contribution in [0.1, 0.15) is 18.4 Å². The highest BCUT2D eigenvalue weighted by atomic mass is 16.5. The summed E-state index contributed by atoms with van der Waals surface area (Å²) in [5.41, 5.74) is 1.14. The van der Waals surface area contributed by atoms with E-state index in [1.165, 1.54) is 0 Å². The van der Waals surface area contributed by atoms with Gasteiger partial charge in [-0.2, -0.15) is 5.10 Å². The number of hydrogen-bond donors (Lipinski definition) is 1. The predicted molar refractivity (Wildman–Crippen MR) is 93.5 cm³/mol. The smallest absolute Gasteiger partial charge is 0.0900 e. The van der Waals surface area contributed by atoms with Gasteiger partial charge in [0.1, 0.15) is 0 Å². The standard InChI is InChI=1S/C19H27N3O2/c23-19(16-24-15-18-5-2-1-3-6-18)14-21-11-7-17(8-12-21)13-22-10-4-9-20-22/h1-6,9-10,17,19,23H,7-8,11-16H2/t19-/m0/s1. The molecular weight excluding hydrogens is 302 g/mol. The molecule has 1 aliphatic rings. The van der Waals surface area contributed by atoms with Crippen LogP contribution in [0.2, 0.25) is 0 Å². The minimum absolute atomic E-state index is 0.391. The van der Waals surface area contributed by atoms with Crippen molar-refractivity contribution in [2.24, 2.45) is 5.92 Å². The Bertz CT molecular complexity index is 566. The first-order valence-electron chi connectivity index (χ1n) is 8.79.